The third kappa shape index (κ3) is 3.60. The summed E-state index contributed by atoms with van der Waals surface area (Å²) < 4.78 is 0. The topological polar surface area (TPSA) is 0 Å². The summed E-state index contributed by atoms with van der Waals surface area (Å²) in [7, 11) is 0. The van der Waals surface area contributed by atoms with Crippen LogP contribution in [0.1, 0.15) is 86.0 Å². The second-order valence-corrected chi connectivity index (χ2v) is 8.36. The highest BCUT2D eigenvalue weighted by Crippen LogP contribution is 2.48. The maximum Gasteiger partial charge on any atom is -0.0362 e. The van der Waals surface area contributed by atoms with E-state index < -0.39 is 0 Å². The van der Waals surface area contributed by atoms with Crippen LogP contribution in [0.4, 0.5) is 0 Å². The molecule has 0 aliphatic heterocycles. The predicted octanol–water partition coefficient (Wildman–Crippen LogP) is 6.55. The molecular weight excluding hydrogens is 240 g/mol. The Hall–Kier alpha value is 0. The van der Waals surface area contributed by atoms with Gasteiger partial charge in [0.25, 0.3) is 0 Å². The Morgan fingerprint density at radius 1 is 0.750 bits per heavy atom. The minimum absolute atomic E-state index is 0.970. The van der Waals surface area contributed by atoms with Gasteiger partial charge in [-0.2, -0.15) is 0 Å². The summed E-state index contributed by atoms with van der Waals surface area (Å²) in [5.74, 6) is 7.09. The van der Waals surface area contributed by atoms with Crippen molar-refractivity contribution in [2.45, 2.75) is 86.0 Å². The zero-order valence-electron chi connectivity index (χ0n) is 14.7. The molecule has 20 heavy (non-hydrogen) atoms. The van der Waals surface area contributed by atoms with E-state index in [0.717, 1.165) is 41.4 Å². The van der Waals surface area contributed by atoms with Crippen molar-refractivity contribution in [2.75, 3.05) is 0 Å². The van der Waals surface area contributed by atoms with Gasteiger partial charge in [0.05, 0.1) is 0 Å². The SMILES string of the molecule is CCCC1CC(C2CCC(C)C(C)C2)CC(C)C1CC. The fourth-order valence-electron chi connectivity index (χ4n) is 5.62. The molecule has 0 heteroatoms. The molecule has 0 nitrogen and oxygen atoms in total. The lowest BCUT2D eigenvalue weighted by Crippen LogP contribution is -2.36. The standard InChI is InChI=1S/C20H38/c1-6-8-18-13-19(12-16(5)20(18)7-2)17-10-9-14(3)15(4)11-17/h14-20H,6-13H2,1-5H3. The van der Waals surface area contributed by atoms with Crippen LogP contribution in [0.2, 0.25) is 0 Å². The molecule has 0 spiro atoms. The zero-order chi connectivity index (χ0) is 14.7. The molecule has 0 N–H and O–H groups in total. The van der Waals surface area contributed by atoms with Gasteiger partial charge < -0.3 is 0 Å². The summed E-state index contributed by atoms with van der Waals surface area (Å²) in [5.41, 5.74) is 0. The lowest BCUT2D eigenvalue weighted by Gasteiger charge is -2.46. The number of rotatable bonds is 4. The molecule has 2 rings (SSSR count). The molecule has 0 heterocycles. The number of hydrogen-bond donors (Lipinski definition) is 0. The smallest absolute Gasteiger partial charge is 0.0362 e. The van der Waals surface area contributed by atoms with E-state index in [1.165, 1.54) is 44.9 Å². The Bertz CT molecular complexity index is 282. The van der Waals surface area contributed by atoms with E-state index in [0.29, 0.717) is 0 Å². The van der Waals surface area contributed by atoms with Crippen molar-refractivity contribution in [1.82, 2.24) is 0 Å². The molecule has 0 aromatic heterocycles. The van der Waals surface area contributed by atoms with Crippen LogP contribution in [-0.2, 0) is 0 Å². The molecule has 0 aromatic carbocycles. The van der Waals surface area contributed by atoms with Crippen LogP contribution in [0.15, 0.2) is 0 Å². The Kier molecular flexibility index (Phi) is 5.99. The van der Waals surface area contributed by atoms with Gasteiger partial charge in [0.2, 0.25) is 0 Å². The van der Waals surface area contributed by atoms with Crippen LogP contribution in [0.5, 0.6) is 0 Å². The highest BCUT2D eigenvalue weighted by molar-refractivity contribution is 4.89. The quantitative estimate of drug-likeness (QED) is 0.547. The first-order chi connectivity index (χ1) is 9.56. The van der Waals surface area contributed by atoms with Gasteiger partial charge in [0, 0.05) is 0 Å². The number of hydrogen-bond acceptors (Lipinski definition) is 0. The third-order valence-electron chi connectivity index (χ3n) is 7.05. The normalized spacial score (nSPS) is 46.4. The fourth-order valence-corrected chi connectivity index (χ4v) is 5.62. The summed E-state index contributed by atoms with van der Waals surface area (Å²) in [6, 6.07) is 0. The molecule has 0 bridgehead atoms. The van der Waals surface area contributed by atoms with Crippen molar-refractivity contribution in [3.05, 3.63) is 0 Å². The molecule has 0 aromatic rings. The Balaban J connectivity index is 1.99. The Morgan fingerprint density at radius 2 is 1.45 bits per heavy atom. The Labute approximate surface area is 128 Å². The van der Waals surface area contributed by atoms with Crippen molar-refractivity contribution in [1.29, 1.82) is 0 Å². The molecule has 0 amide bonds. The molecular formula is C20H38. The van der Waals surface area contributed by atoms with Crippen LogP contribution < -0.4 is 0 Å². The maximum atomic E-state index is 2.55. The first-order valence-corrected chi connectivity index (χ1v) is 9.56. The van der Waals surface area contributed by atoms with Gasteiger partial charge in [-0.3, -0.25) is 0 Å². The molecule has 2 aliphatic carbocycles. The van der Waals surface area contributed by atoms with Gasteiger partial charge in [-0.25, -0.2) is 0 Å². The lowest BCUT2D eigenvalue weighted by atomic mass is 9.60. The average molecular weight is 279 g/mol. The van der Waals surface area contributed by atoms with Gasteiger partial charge >= 0.3 is 0 Å². The summed E-state index contributed by atoms with van der Waals surface area (Å²) in [6.07, 6.45) is 11.9. The van der Waals surface area contributed by atoms with Gasteiger partial charge in [0.15, 0.2) is 0 Å². The minimum atomic E-state index is 0.970. The van der Waals surface area contributed by atoms with Crippen molar-refractivity contribution < 1.29 is 0 Å². The molecule has 2 saturated carbocycles. The molecule has 7 atom stereocenters. The predicted molar refractivity (Wildman–Crippen MR) is 89.7 cm³/mol. The fraction of sp³-hybridized carbons (Fsp3) is 1.00. The monoisotopic (exact) mass is 278 g/mol. The summed E-state index contributed by atoms with van der Waals surface area (Å²) in [4.78, 5) is 0. The lowest BCUT2D eigenvalue weighted by molar-refractivity contribution is 0.0460. The van der Waals surface area contributed by atoms with E-state index in [1.807, 2.05) is 0 Å². The largest absolute Gasteiger partial charge is 0.0654 e. The van der Waals surface area contributed by atoms with Crippen LogP contribution >= 0.6 is 0 Å². The van der Waals surface area contributed by atoms with E-state index in [1.54, 1.807) is 6.42 Å². The van der Waals surface area contributed by atoms with Gasteiger partial charge in [0.1, 0.15) is 0 Å². The first-order valence-electron chi connectivity index (χ1n) is 9.56. The van der Waals surface area contributed by atoms with Crippen LogP contribution in [0, 0.1) is 41.4 Å². The molecule has 118 valence electrons. The molecule has 2 aliphatic rings. The molecule has 0 saturated heterocycles. The first kappa shape index (κ1) is 16.4. The van der Waals surface area contributed by atoms with Crippen molar-refractivity contribution in [2.24, 2.45) is 41.4 Å². The van der Waals surface area contributed by atoms with E-state index in [-0.39, 0.29) is 0 Å². The summed E-state index contributed by atoms with van der Waals surface area (Å²) >= 11 is 0. The van der Waals surface area contributed by atoms with Gasteiger partial charge in [-0.1, -0.05) is 60.3 Å². The van der Waals surface area contributed by atoms with Crippen molar-refractivity contribution in [3.8, 4) is 0 Å². The molecule has 0 radical (unpaired) electrons. The van der Waals surface area contributed by atoms with E-state index >= 15 is 0 Å². The molecule has 2 fully saturated rings. The zero-order valence-corrected chi connectivity index (χ0v) is 14.7. The van der Waals surface area contributed by atoms with E-state index in [2.05, 4.69) is 34.6 Å². The van der Waals surface area contributed by atoms with Gasteiger partial charge in [-0.05, 0) is 67.1 Å². The summed E-state index contributed by atoms with van der Waals surface area (Å²) in [5, 5.41) is 0. The summed E-state index contributed by atoms with van der Waals surface area (Å²) in [6.45, 7) is 12.3. The van der Waals surface area contributed by atoms with Crippen LogP contribution in [-0.4, -0.2) is 0 Å². The molecule has 7 unspecified atom stereocenters. The van der Waals surface area contributed by atoms with Gasteiger partial charge in [-0.15, -0.1) is 0 Å². The van der Waals surface area contributed by atoms with E-state index in [4.69, 9.17) is 0 Å². The Morgan fingerprint density at radius 3 is 2.05 bits per heavy atom. The average Bonchev–Trinajstić information content (AvgIpc) is 2.42. The van der Waals surface area contributed by atoms with Crippen molar-refractivity contribution in [3.63, 3.8) is 0 Å². The van der Waals surface area contributed by atoms with Crippen LogP contribution in [0.3, 0.4) is 0 Å². The van der Waals surface area contributed by atoms with E-state index in [9.17, 15) is 0 Å². The third-order valence-corrected chi connectivity index (χ3v) is 7.05. The highest BCUT2D eigenvalue weighted by atomic mass is 14.4. The van der Waals surface area contributed by atoms with Crippen LogP contribution in [0.25, 0.3) is 0 Å². The second-order valence-electron chi connectivity index (χ2n) is 8.36. The van der Waals surface area contributed by atoms with Crippen molar-refractivity contribution >= 4 is 0 Å². The maximum absolute atomic E-state index is 2.55. The second kappa shape index (κ2) is 7.32. The highest BCUT2D eigenvalue weighted by Gasteiger charge is 2.38. The minimum Gasteiger partial charge on any atom is -0.0654 e.